The van der Waals surface area contributed by atoms with Crippen LogP contribution in [0.15, 0.2) is 12.2 Å². The SMILES string of the molecule is CC(C)(C)NCC/C=C/CC1CCC(C)(C)O1. The Morgan fingerprint density at radius 3 is 2.53 bits per heavy atom. The van der Waals surface area contributed by atoms with Crippen LogP contribution in [0.5, 0.6) is 0 Å². The Bertz CT molecular complexity index is 250. The predicted octanol–water partition coefficient (Wildman–Crippen LogP) is 3.67. The zero-order chi connectivity index (χ0) is 12.9. The van der Waals surface area contributed by atoms with Gasteiger partial charge in [0, 0.05) is 5.54 Å². The molecule has 2 heteroatoms. The van der Waals surface area contributed by atoms with Gasteiger partial charge in [0.1, 0.15) is 0 Å². The van der Waals surface area contributed by atoms with E-state index < -0.39 is 0 Å². The lowest BCUT2D eigenvalue weighted by atomic mass is 10.0. The van der Waals surface area contributed by atoms with Crippen molar-refractivity contribution in [2.24, 2.45) is 0 Å². The molecule has 0 amide bonds. The lowest BCUT2D eigenvalue weighted by molar-refractivity contribution is -0.0134. The van der Waals surface area contributed by atoms with Crippen molar-refractivity contribution in [3.05, 3.63) is 12.2 Å². The van der Waals surface area contributed by atoms with Crippen molar-refractivity contribution in [2.75, 3.05) is 6.54 Å². The first-order valence-corrected chi connectivity index (χ1v) is 6.86. The van der Waals surface area contributed by atoms with Crippen molar-refractivity contribution in [3.63, 3.8) is 0 Å². The van der Waals surface area contributed by atoms with Crippen LogP contribution in [0.4, 0.5) is 0 Å². The van der Waals surface area contributed by atoms with E-state index in [1.165, 1.54) is 12.8 Å². The first kappa shape index (κ1) is 14.7. The maximum Gasteiger partial charge on any atom is 0.0631 e. The zero-order valence-electron chi connectivity index (χ0n) is 12.2. The van der Waals surface area contributed by atoms with Crippen LogP contribution in [0.25, 0.3) is 0 Å². The highest BCUT2D eigenvalue weighted by molar-refractivity contribution is 4.90. The van der Waals surface area contributed by atoms with Gasteiger partial charge in [0.2, 0.25) is 0 Å². The van der Waals surface area contributed by atoms with Gasteiger partial charge in [-0.25, -0.2) is 0 Å². The molecule has 1 atom stereocenters. The molecule has 0 aliphatic carbocycles. The Hall–Kier alpha value is -0.340. The van der Waals surface area contributed by atoms with Gasteiger partial charge in [-0.2, -0.15) is 0 Å². The van der Waals surface area contributed by atoms with Crippen LogP contribution in [0.3, 0.4) is 0 Å². The van der Waals surface area contributed by atoms with E-state index in [1.54, 1.807) is 0 Å². The Labute approximate surface area is 107 Å². The molecule has 17 heavy (non-hydrogen) atoms. The van der Waals surface area contributed by atoms with Crippen molar-refractivity contribution >= 4 is 0 Å². The summed E-state index contributed by atoms with van der Waals surface area (Å²) in [4.78, 5) is 0. The van der Waals surface area contributed by atoms with Crippen molar-refractivity contribution in [1.82, 2.24) is 5.32 Å². The summed E-state index contributed by atoms with van der Waals surface area (Å²) < 4.78 is 5.94. The molecule has 1 saturated heterocycles. The predicted molar refractivity (Wildman–Crippen MR) is 74.3 cm³/mol. The Morgan fingerprint density at radius 2 is 2.00 bits per heavy atom. The minimum atomic E-state index is 0.103. The number of hydrogen-bond donors (Lipinski definition) is 1. The van der Waals surface area contributed by atoms with E-state index >= 15 is 0 Å². The summed E-state index contributed by atoms with van der Waals surface area (Å²) in [7, 11) is 0. The fraction of sp³-hybridized carbons (Fsp3) is 0.867. The molecular formula is C15H29NO. The second-order valence-electron chi connectivity index (χ2n) is 6.71. The van der Waals surface area contributed by atoms with Crippen LogP contribution in [0, 0.1) is 0 Å². The summed E-state index contributed by atoms with van der Waals surface area (Å²) in [5.41, 5.74) is 0.332. The fourth-order valence-electron chi connectivity index (χ4n) is 2.14. The van der Waals surface area contributed by atoms with Crippen LogP contribution >= 0.6 is 0 Å². The van der Waals surface area contributed by atoms with E-state index in [4.69, 9.17) is 4.74 Å². The minimum absolute atomic E-state index is 0.103. The fourth-order valence-corrected chi connectivity index (χ4v) is 2.14. The highest BCUT2D eigenvalue weighted by Gasteiger charge is 2.30. The molecular weight excluding hydrogens is 210 g/mol. The lowest BCUT2D eigenvalue weighted by Crippen LogP contribution is -2.36. The molecule has 1 N–H and O–H groups in total. The maximum atomic E-state index is 5.94. The quantitative estimate of drug-likeness (QED) is 0.584. The third kappa shape index (κ3) is 6.85. The second kappa shape index (κ2) is 6.01. The number of ether oxygens (including phenoxy) is 1. The Morgan fingerprint density at radius 1 is 1.29 bits per heavy atom. The summed E-state index contributed by atoms with van der Waals surface area (Å²) in [6.07, 6.45) is 9.56. The molecule has 1 unspecified atom stereocenters. The van der Waals surface area contributed by atoms with Crippen LogP contribution in [-0.4, -0.2) is 23.8 Å². The average molecular weight is 239 g/mol. The van der Waals surface area contributed by atoms with Crippen molar-refractivity contribution in [3.8, 4) is 0 Å². The third-order valence-electron chi connectivity index (χ3n) is 3.09. The molecule has 0 radical (unpaired) electrons. The van der Waals surface area contributed by atoms with Gasteiger partial charge >= 0.3 is 0 Å². The summed E-state index contributed by atoms with van der Waals surface area (Å²) in [6.45, 7) is 12.0. The highest BCUT2D eigenvalue weighted by Crippen LogP contribution is 2.30. The van der Waals surface area contributed by atoms with E-state index in [9.17, 15) is 0 Å². The number of rotatable bonds is 5. The van der Waals surface area contributed by atoms with Gasteiger partial charge in [0.25, 0.3) is 0 Å². The standard InChI is InChI=1S/C15H29NO/c1-14(2,3)16-12-8-6-7-9-13-10-11-15(4,5)17-13/h6-7,13,16H,8-12H2,1-5H3/b7-6+. The van der Waals surface area contributed by atoms with E-state index in [0.717, 1.165) is 19.4 Å². The second-order valence-corrected chi connectivity index (χ2v) is 6.71. The molecule has 0 aromatic carbocycles. The molecule has 100 valence electrons. The van der Waals surface area contributed by atoms with Crippen molar-refractivity contribution < 1.29 is 4.74 Å². The molecule has 0 aromatic rings. The molecule has 2 nitrogen and oxygen atoms in total. The Balaban J connectivity index is 2.07. The molecule has 1 rings (SSSR count). The first-order chi connectivity index (χ1) is 7.79. The maximum absolute atomic E-state index is 5.94. The largest absolute Gasteiger partial charge is 0.372 e. The van der Waals surface area contributed by atoms with E-state index in [0.29, 0.717) is 6.10 Å². The van der Waals surface area contributed by atoms with E-state index in [2.05, 4.69) is 52.1 Å². The van der Waals surface area contributed by atoms with Gasteiger partial charge in [-0.3, -0.25) is 0 Å². The smallest absolute Gasteiger partial charge is 0.0631 e. The van der Waals surface area contributed by atoms with Gasteiger partial charge in [0.15, 0.2) is 0 Å². The number of hydrogen-bond acceptors (Lipinski definition) is 2. The monoisotopic (exact) mass is 239 g/mol. The Kier molecular flexibility index (Phi) is 5.21. The summed E-state index contributed by atoms with van der Waals surface area (Å²) >= 11 is 0. The van der Waals surface area contributed by atoms with Gasteiger partial charge in [-0.1, -0.05) is 12.2 Å². The lowest BCUT2D eigenvalue weighted by Gasteiger charge is -2.19. The van der Waals surface area contributed by atoms with Crippen LogP contribution in [-0.2, 0) is 4.74 Å². The van der Waals surface area contributed by atoms with Gasteiger partial charge in [-0.05, 0) is 66.8 Å². The van der Waals surface area contributed by atoms with E-state index in [-0.39, 0.29) is 11.1 Å². The topological polar surface area (TPSA) is 21.3 Å². The molecule has 0 saturated carbocycles. The molecule has 1 heterocycles. The van der Waals surface area contributed by atoms with Crippen molar-refractivity contribution in [2.45, 2.75) is 77.5 Å². The van der Waals surface area contributed by atoms with Crippen LogP contribution < -0.4 is 5.32 Å². The average Bonchev–Trinajstić information content (AvgIpc) is 2.50. The van der Waals surface area contributed by atoms with Crippen molar-refractivity contribution in [1.29, 1.82) is 0 Å². The molecule has 0 spiro atoms. The molecule has 1 fully saturated rings. The van der Waals surface area contributed by atoms with E-state index in [1.807, 2.05) is 0 Å². The first-order valence-electron chi connectivity index (χ1n) is 6.86. The van der Waals surface area contributed by atoms with Crippen LogP contribution in [0.1, 0.15) is 60.3 Å². The third-order valence-corrected chi connectivity index (χ3v) is 3.09. The van der Waals surface area contributed by atoms with Crippen LogP contribution in [0.2, 0.25) is 0 Å². The molecule has 1 aliphatic rings. The molecule has 0 bridgehead atoms. The van der Waals surface area contributed by atoms with Gasteiger partial charge in [-0.15, -0.1) is 0 Å². The summed E-state index contributed by atoms with van der Waals surface area (Å²) in [5.74, 6) is 0. The molecule has 0 aromatic heterocycles. The minimum Gasteiger partial charge on any atom is -0.372 e. The zero-order valence-corrected chi connectivity index (χ0v) is 12.2. The normalized spacial score (nSPS) is 24.6. The number of nitrogens with one attached hydrogen (secondary N) is 1. The summed E-state index contributed by atoms with van der Waals surface area (Å²) in [5, 5.41) is 3.48. The summed E-state index contributed by atoms with van der Waals surface area (Å²) in [6, 6.07) is 0. The van der Waals surface area contributed by atoms with Gasteiger partial charge < -0.3 is 10.1 Å². The highest BCUT2D eigenvalue weighted by atomic mass is 16.5. The molecule has 1 aliphatic heterocycles. The van der Waals surface area contributed by atoms with Gasteiger partial charge in [0.05, 0.1) is 11.7 Å².